The maximum Gasteiger partial charge on any atom is 0.254 e. The third-order valence-electron chi connectivity index (χ3n) is 7.10. The second kappa shape index (κ2) is 10.5. The Morgan fingerprint density at radius 1 is 1.10 bits per heavy atom. The number of nitrogens with zero attached hydrogens (tertiary/aromatic N) is 5. The Morgan fingerprint density at radius 2 is 1.79 bits per heavy atom. The molecule has 0 aliphatic carbocycles. The largest absolute Gasteiger partial charge is 0.383 e. The van der Waals surface area contributed by atoms with Gasteiger partial charge in [-0.15, -0.1) is 0 Å². The number of anilines is 2. The van der Waals surface area contributed by atoms with Gasteiger partial charge in [-0.05, 0) is 55.2 Å². The van der Waals surface area contributed by atoms with Crippen molar-refractivity contribution in [2.24, 2.45) is 12.0 Å². The van der Waals surface area contributed by atoms with Gasteiger partial charge in [-0.25, -0.2) is 9.97 Å². The normalized spacial score (nSPS) is 15.3. The Hall–Kier alpha value is -4.79. The van der Waals surface area contributed by atoms with E-state index in [0.717, 1.165) is 47.2 Å². The fourth-order valence-corrected chi connectivity index (χ4v) is 5.16. The molecule has 2 aromatic carbocycles. The number of hydrogen-bond donors (Lipinski definition) is 2. The number of carbonyl (C=O) groups is 2. The number of fused-ring (bicyclic) bond motifs is 1. The Balaban J connectivity index is 1.56. The smallest absolute Gasteiger partial charge is 0.254 e. The van der Waals surface area contributed by atoms with E-state index in [1.807, 2.05) is 71.3 Å². The van der Waals surface area contributed by atoms with E-state index in [-0.39, 0.29) is 17.9 Å². The van der Waals surface area contributed by atoms with Crippen molar-refractivity contribution in [1.29, 1.82) is 0 Å². The van der Waals surface area contributed by atoms with Crippen LogP contribution in [-0.4, -0.2) is 57.1 Å². The van der Waals surface area contributed by atoms with Crippen molar-refractivity contribution in [2.75, 3.05) is 24.6 Å². The number of carbonyl (C=O) groups excluding carboxylic acids is 2. The van der Waals surface area contributed by atoms with Crippen LogP contribution in [-0.2, 0) is 11.8 Å². The molecule has 9 heteroatoms. The molecule has 1 saturated heterocycles. The molecule has 0 saturated carbocycles. The van der Waals surface area contributed by atoms with E-state index in [1.165, 1.54) is 6.33 Å². The third-order valence-corrected chi connectivity index (χ3v) is 7.10. The number of aromatic nitrogens is 3. The zero-order chi connectivity index (χ0) is 27.7. The van der Waals surface area contributed by atoms with Gasteiger partial charge in [0, 0.05) is 49.2 Å². The molecule has 3 N–H and O–H groups in total. The number of nitrogen functional groups attached to an aromatic ring is 1. The molecule has 3 heterocycles. The van der Waals surface area contributed by atoms with Gasteiger partial charge in [-0.3, -0.25) is 14.6 Å². The molecule has 4 aromatic rings. The number of nitrogens with two attached hydrogens (primary N) is 1. The van der Waals surface area contributed by atoms with Gasteiger partial charge in [-0.1, -0.05) is 30.8 Å². The summed E-state index contributed by atoms with van der Waals surface area (Å²) in [6.07, 6.45) is 5.19. The number of likely N-dealkylation sites (tertiary alicyclic amines) is 1. The molecule has 1 fully saturated rings. The first kappa shape index (κ1) is 25.8. The fraction of sp³-hybridized carbons (Fsp3) is 0.233. The molecule has 1 aliphatic heterocycles. The average molecular weight is 522 g/mol. The summed E-state index contributed by atoms with van der Waals surface area (Å²) in [6, 6.07) is 15.2. The maximum atomic E-state index is 13.3. The summed E-state index contributed by atoms with van der Waals surface area (Å²) in [5, 5.41) is 3.58. The summed E-state index contributed by atoms with van der Waals surface area (Å²) in [6.45, 7) is 6.08. The Bertz CT molecular complexity index is 1600. The molecule has 198 valence electrons. The molecule has 5 rings (SSSR count). The second-order valence-electron chi connectivity index (χ2n) is 9.74. The van der Waals surface area contributed by atoms with Gasteiger partial charge in [0.25, 0.3) is 11.8 Å². The molecule has 2 aromatic heterocycles. The SMILES string of the molecule is C=C(C)C(=O)Nc1ccc(-c2c(-c3ccc(C(=O)N4CCC[C@H]4/C=N\C)cc3)c3c(N)ncnc3n2C)cc1. The molecule has 0 unspecified atom stereocenters. The predicted molar refractivity (Wildman–Crippen MR) is 156 cm³/mol. The lowest BCUT2D eigenvalue weighted by atomic mass is 9.97. The standard InChI is InChI=1S/C30H31N7O2/c1-18(2)29(38)35-22-13-11-20(12-14-22)26-24(25-27(31)33-17-34-28(25)36(26)4)19-7-9-21(10-8-19)30(39)37-15-5-6-23(37)16-32-3/h7-14,16-17,23H,1,5-6,15H2,2-4H3,(H,35,38)(H2,31,33,34)/b32-16-/t23-/m0/s1. The summed E-state index contributed by atoms with van der Waals surface area (Å²) in [7, 11) is 3.67. The Morgan fingerprint density at radius 3 is 2.46 bits per heavy atom. The zero-order valence-electron chi connectivity index (χ0n) is 22.3. The number of rotatable bonds is 6. The molecular weight excluding hydrogens is 490 g/mol. The van der Waals surface area contributed by atoms with Crippen molar-refractivity contribution in [3.63, 3.8) is 0 Å². The van der Waals surface area contributed by atoms with Crippen molar-refractivity contribution in [1.82, 2.24) is 19.4 Å². The highest BCUT2D eigenvalue weighted by Gasteiger charge is 2.28. The molecule has 39 heavy (non-hydrogen) atoms. The summed E-state index contributed by atoms with van der Waals surface area (Å²) in [4.78, 5) is 40.1. The summed E-state index contributed by atoms with van der Waals surface area (Å²) < 4.78 is 1.99. The van der Waals surface area contributed by atoms with Crippen LogP contribution < -0.4 is 11.1 Å². The quantitative estimate of drug-likeness (QED) is 0.282. The maximum absolute atomic E-state index is 13.3. The average Bonchev–Trinajstić information content (AvgIpc) is 3.52. The predicted octanol–water partition coefficient (Wildman–Crippen LogP) is 4.70. The van der Waals surface area contributed by atoms with Gasteiger partial charge in [0.2, 0.25) is 0 Å². The van der Waals surface area contributed by atoms with Crippen molar-refractivity contribution in [3.8, 4) is 22.4 Å². The molecule has 0 radical (unpaired) electrons. The summed E-state index contributed by atoms with van der Waals surface area (Å²) >= 11 is 0. The summed E-state index contributed by atoms with van der Waals surface area (Å²) in [5.74, 6) is 0.145. The molecule has 1 aliphatic rings. The lowest BCUT2D eigenvalue weighted by Crippen LogP contribution is -2.36. The molecule has 1 atom stereocenters. The van der Waals surface area contributed by atoms with Crippen LogP contribution in [0, 0.1) is 0 Å². The molecule has 9 nitrogen and oxygen atoms in total. The Labute approximate surface area is 227 Å². The van der Waals surface area contributed by atoms with Gasteiger partial charge >= 0.3 is 0 Å². The molecule has 2 amide bonds. The van der Waals surface area contributed by atoms with Crippen LogP contribution in [0.15, 0.2) is 72.0 Å². The van der Waals surface area contributed by atoms with Crippen LogP contribution >= 0.6 is 0 Å². The fourth-order valence-electron chi connectivity index (χ4n) is 5.16. The van der Waals surface area contributed by atoms with Gasteiger partial charge in [0.05, 0.1) is 17.1 Å². The molecule has 0 spiro atoms. The molecule has 0 bridgehead atoms. The van der Waals surface area contributed by atoms with E-state index >= 15 is 0 Å². The van der Waals surface area contributed by atoms with Gasteiger partial charge in [0.1, 0.15) is 17.8 Å². The van der Waals surface area contributed by atoms with Crippen molar-refractivity contribution >= 4 is 40.6 Å². The number of amides is 2. The van der Waals surface area contributed by atoms with E-state index in [2.05, 4.69) is 26.9 Å². The number of nitrogens with one attached hydrogen (secondary N) is 1. The first-order valence-corrected chi connectivity index (χ1v) is 12.8. The molecular formula is C30H31N7O2. The van der Waals surface area contributed by atoms with Crippen molar-refractivity contribution in [2.45, 2.75) is 25.8 Å². The minimum atomic E-state index is -0.229. The lowest BCUT2D eigenvalue weighted by molar-refractivity contribution is -0.112. The van der Waals surface area contributed by atoms with E-state index in [1.54, 1.807) is 14.0 Å². The van der Waals surface area contributed by atoms with E-state index in [4.69, 9.17) is 5.73 Å². The van der Waals surface area contributed by atoms with Crippen molar-refractivity contribution < 1.29 is 9.59 Å². The number of benzene rings is 2. The number of aliphatic imine (C=N–C) groups is 1. The van der Waals surface area contributed by atoms with Crippen LogP contribution in [0.25, 0.3) is 33.4 Å². The van der Waals surface area contributed by atoms with E-state index in [0.29, 0.717) is 28.3 Å². The first-order valence-electron chi connectivity index (χ1n) is 12.8. The highest BCUT2D eigenvalue weighted by molar-refractivity contribution is 6.08. The minimum absolute atomic E-state index is 0.00247. The zero-order valence-corrected chi connectivity index (χ0v) is 22.3. The summed E-state index contributed by atoms with van der Waals surface area (Å²) in [5.41, 5.74) is 12.4. The Kier molecular flexibility index (Phi) is 6.98. The highest BCUT2D eigenvalue weighted by atomic mass is 16.2. The number of hydrogen-bond acceptors (Lipinski definition) is 6. The van der Waals surface area contributed by atoms with Crippen molar-refractivity contribution in [3.05, 3.63) is 72.6 Å². The van der Waals surface area contributed by atoms with Crippen LogP contribution in [0.4, 0.5) is 11.5 Å². The van der Waals surface area contributed by atoms with Crippen LogP contribution in [0.5, 0.6) is 0 Å². The van der Waals surface area contributed by atoms with Gasteiger partial charge < -0.3 is 20.5 Å². The third kappa shape index (κ3) is 4.79. The van der Waals surface area contributed by atoms with E-state index in [9.17, 15) is 9.59 Å². The number of aryl methyl sites for hydroxylation is 1. The monoisotopic (exact) mass is 521 g/mol. The second-order valence-corrected chi connectivity index (χ2v) is 9.74. The van der Waals surface area contributed by atoms with Crippen LogP contribution in [0.3, 0.4) is 0 Å². The van der Waals surface area contributed by atoms with Crippen LogP contribution in [0.1, 0.15) is 30.1 Å². The van der Waals surface area contributed by atoms with Gasteiger partial charge in [-0.2, -0.15) is 0 Å². The van der Waals surface area contributed by atoms with Crippen LogP contribution in [0.2, 0.25) is 0 Å². The van der Waals surface area contributed by atoms with Gasteiger partial charge in [0.15, 0.2) is 0 Å². The minimum Gasteiger partial charge on any atom is -0.383 e. The highest BCUT2D eigenvalue weighted by Crippen LogP contribution is 2.41. The topological polar surface area (TPSA) is 118 Å². The first-order chi connectivity index (χ1) is 18.8. The van der Waals surface area contributed by atoms with E-state index < -0.39 is 0 Å². The lowest BCUT2D eigenvalue weighted by Gasteiger charge is -2.21.